The van der Waals surface area contributed by atoms with Crippen molar-refractivity contribution in [2.75, 3.05) is 33.4 Å². The Morgan fingerprint density at radius 2 is 2.04 bits per heavy atom. The highest BCUT2D eigenvalue weighted by molar-refractivity contribution is 5.81. The van der Waals surface area contributed by atoms with E-state index >= 15 is 0 Å². The Labute approximate surface area is 160 Å². The molecule has 1 aliphatic heterocycles. The second-order valence-electron chi connectivity index (χ2n) is 7.05. The number of nitrogens with one attached hydrogen (secondary N) is 1. The van der Waals surface area contributed by atoms with Gasteiger partial charge in [0.2, 0.25) is 0 Å². The molecule has 0 unspecified atom stereocenters. The molecule has 1 aliphatic rings. The number of likely N-dealkylation sites (tertiary alicyclic amines) is 1. The number of benzene rings is 2. The van der Waals surface area contributed by atoms with E-state index in [1.165, 1.54) is 11.1 Å². The molecular formula is C22H26N3O2. The number of nitrogens with zero attached hydrogens (tertiary/aromatic N) is 2. The molecule has 141 valence electrons. The summed E-state index contributed by atoms with van der Waals surface area (Å²) in [6.45, 7) is 4.00. The Hall–Kier alpha value is -2.53. The predicted octanol–water partition coefficient (Wildman–Crippen LogP) is 4.02. The van der Waals surface area contributed by atoms with Gasteiger partial charge in [0.25, 0.3) is 0 Å². The molecule has 0 aliphatic carbocycles. The fourth-order valence-corrected chi connectivity index (χ4v) is 3.88. The van der Waals surface area contributed by atoms with E-state index in [2.05, 4.69) is 45.4 Å². The molecule has 1 N–H and O–H groups in total. The molecule has 3 aromatic rings. The van der Waals surface area contributed by atoms with Crippen LogP contribution in [0, 0.1) is 6.07 Å². The van der Waals surface area contributed by atoms with Gasteiger partial charge in [-0.15, -0.1) is 0 Å². The third kappa shape index (κ3) is 4.08. The minimum Gasteiger partial charge on any atom is -0.493 e. The maximum Gasteiger partial charge on any atom is 0.161 e. The quantitative estimate of drug-likeness (QED) is 0.643. The molecule has 0 bridgehead atoms. The van der Waals surface area contributed by atoms with Crippen LogP contribution in [0.25, 0.3) is 10.9 Å². The molecule has 4 rings (SSSR count). The topological polar surface area (TPSA) is 50.4 Å². The SMILES string of the molecule is COc1c[c]ccc1OCCCN1CCC(c2n[nH]c3ccccc23)CC1. The number of aromatic amines is 1. The largest absolute Gasteiger partial charge is 0.493 e. The fourth-order valence-electron chi connectivity index (χ4n) is 3.88. The molecule has 0 atom stereocenters. The van der Waals surface area contributed by atoms with Gasteiger partial charge in [0, 0.05) is 17.8 Å². The monoisotopic (exact) mass is 364 g/mol. The van der Waals surface area contributed by atoms with Gasteiger partial charge in [-0.2, -0.15) is 5.10 Å². The molecule has 0 spiro atoms. The number of para-hydroxylation sites is 1. The highest BCUT2D eigenvalue weighted by atomic mass is 16.5. The maximum atomic E-state index is 5.86. The van der Waals surface area contributed by atoms with E-state index in [1.807, 2.05) is 12.1 Å². The van der Waals surface area contributed by atoms with Gasteiger partial charge in [0.1, 0.15) is 0 Å². The van der Waals surface area contributed by atoms with E-state index in [-0.39, 0.29) is 0 Å². The molecule has 1 fully saturated rings. The van der Waals surface area contributed by atoms with Gasteiger partial charge in [-0.3, -0.25) is 5.10 Å². The number of methoxy groups -OCH3 is 1. The number of hydrogen-bond acceptors (Lipinski definition) is 4. The van der Waals surface area contributed by atoms with Crippen LogP contribution in [0.2, 0.25) is 0 Å². The lowest BCUT2D eigenvalue weighted by molar-refractivity contribution is 0.190. The van der Waals surface area contributed by atoms with Crippen molar-refractivity contribution >= 4 is 10.9 Å². The Morgan fingerprint density at radius 1 is 1.19 bits per heavy atom. The van der Waals surface area contributed by atoms with Gasteiger partial charge in [0.15, 0.2) is 11.5 Å². The van der Waals surface area contributed by atoms with Gasteiger partial charge in [-0.25, -0.2) is 0 Å². The lowest BCUT2D eigenvalue weighted by atomic mass is 9.91. The summed E-state index contributed by atoms with van der Waals surface area (Å²) in [4.78, 5) is 2.53. The zero-order valence-corrected chi connectivity index (χ0v) is 15.8. The number of H-pyrrole nitrogens is 1. The Balaban J connectivity index is 1.23. The van der Waals surface area contributed by atoms with Crippen molar-refractivity contribution in [2.45, 2.75) is 25.2 Å². The average Bonchev–Trinajstić information content (AvgIpc) is 3.16. The molecule has 0 amide bonds. The van der Waals surface area contributed by atoms with Crippen molar-refractivity contribution in [2.24, 2.45) is 0 Å². The second-order valence-corrected chi connectivity index (χ2v) is 7.05. The van der Waals surface area contributed by atoms with Crippen LogP contribution in [0.1, 0.15) is 30.9 Å². The summed E-state index contributed by atoms with van der Waals surface area (Å²) in [6, 6.07) is 17.0. The molecule has 2 heterocycles. The van der Waals surface area contributed by atoms with Crippen LogP contribution in [0.5, 0.6) is 11.5 Å². The Morgan fingerprint density at radius 3 is 2.89 bits per heavy atom. The van der Waals surface area contributed by atoms with Crippen molar-refractivity contribution in [3.05, 3.63) is 54.2 Å². The van der Waals surface area contributed by atoms with E-state index in [1.54, 1.807) is 13.2 Å². The normalized spacial score (nSPS) is 15.9. The molecule has 5 heteroatoms. The lowest BCUT2D eigenvalue weighted by Gasteiger charge is -2.31. The first-order valence-corrected chi connectivity index (χ1v) is 9.67. The number of piperidine rings is 1. The van der Waals surface area contributed by atoms with E-state index in [4.69, 9.17) is 9.47 Å². The summed E-state index contributed by atoms with van der Waals surface area (Å²) >= 11 is 0. The fraction of sp³-hybridized carbons (Fsp3) is 0.409. The van der Waals surface area contributed by atoms with Crippen LogP contribution in [-0.2, 0) is 0 Å². The molecule has 1 saturated heterocycles. The highest BCUT2D eigenvalue weighted by Crippen LogP contribution is 2.31. The first-order chi connectivity index (χ1) is 13.3. The van der Waals surface area contributed by atoms with Crippen molar-refractivity contribution in [3.63, 3.8) is 0 Å². The van der Waals surface area contributed by atoms with Crippen molar-refractivity contribution in [1.82, 2.24) is 15.1 Å². The molecule has 0 saturated carbocycles. The summed E-state index contributed by atoms with van der Waals surface area (Å²) in [7, 11) is 1.66. The number of hydrogen-bond donors (Lipinski definition) is 1. The zero-order valence-electron chi connectivity index (χ0n) is 15.8. The smallest absolute Gasteiger partial charge is 0.161 e. The van der Waals surface area contributed by atoms with Crippen LogP contribution in [-0.4, -0.2) is 48.4 Å². The standard InChI is InChI=1S/C22H26N3O2/c1-26-20-9-4-5-10-21(20)27-16-6-13-25-14-11-17(12-15-25)22-18-7-2-3-8-19(18)23-24-22/h2-3,5,7-10,17H,6,11-16H2,1H3,(H,23,24). The van der Waals surface area contributed by atoms with Gasteiger partial charge in [-0.05, 0) is 56.6 Å². The lowest BCUT2D eigenvalue weighted by Crippen LogP contribution is -2.34. The second kappa shape index (κ2) is 8.44. The Bertz CT molecular complexity index is 869. The third-order valence-corrected chi connectivity index (χ3v) is 5.36. The Kier molecular flexibility index (Phi) is 5.58. The van der Waals surface area contributed by atoms with E-state index in [0.29, 0.717) is 12.5 Å². The van der Waals surface area contributed by atoms with Gasteiger partial charge < -0.3 is 14.4 Å². The van der Waals surface area contributed by atoms with Crippen LogP contribution < -0.4 is 9.47 Å². The molecule has 27 heavy (non-hydrogen) atoms. The summed E-state index contributed by atoms with van der Waals surface area (Å²) in [5.41, 5.74) is 2.38. The minimum atomic E-state index is 0.554. The molecular weight excluding hydrogens is 338 g/mol. The molecule has 5 nitrogen and oxygen atoms in total. The molecule has 2 aromatic carbocycles. The van der Waals surface area contributed by atoms with E-state index in [0.717, 1.165) is 55.9 Å². The molecule has 1 radical (unpaired) electrons. The zero-order chi connectivity index (χ0) is 18.5. The number of rotatable bonds is 7. The van der Waals surface area contributed by atoms with Crippen molar-refractivity contribution < 1.29 is 9.47 Å². The third-order valence-electron chi connectivity index (χ3n) is 5.36. The molecule has 1 aromatic heterocycles. The predicted molar refractivity (Wildman–Crippen MR) is 106 cm³/mol. The highest BCUT2D eigenvalue weighted by Gasteiger charge is 2.23. The van der Waals surface area contributed by atoms with E-state index in [9.17, 15) is 0 Å². The van der Waals surface area contributed by atoms with Crippen LogP contribution in [0.4, 0.5) is 0 Å². The minimum absolute atomic E-state index is 0.554. The van der Waals surface area contributed by atoms with E-state index < -0.39 is 0 Å². The number of ether oxygens (including phenoxy) is 2. The van der Waals surface area contributed by atoms with Gasteiger partial charge >= 0.3 is 0 Å². The van der Waals surface area contributed by atoms with Crippen LogP contribution in [0.15, 0.2) is 42.5 Å². The van der Waals surface area contributed by atoms with Crippen LogP contribution >= 0.6 is 0 Å². The summed E-state index contributed by atoms with van der Waals surface area (Å²) < 4.78 is 11.2. The average molecular weight is 364 g/mol. The van der Waals surface area contributed by atoms with Crippen molar-refractivity contribution in [1.29, 1.82) is 0 Å². The maximum absolute atomic E-state index is 5.86. The van der Waals surface area contributed by atoms with Gasteiger partial charge in [-0.1, -0.05) is 24.3 Å². The summed E-state index contributed by atoms with van der Waals surface area (Å²) in [5, 5.41) is 9.04. The number of fused-ring (bicyclic) bond motifs is 1. The van der Waals surface area contributed by atoms with Crippen molar-refractivity contribution in [3.8, 4) is 11.5 Å². The first kappa shape index (κ1) is 17.9. The van der Waals surface area contributed by atoms with Crippen LogP contribution in [0.3, 0.4) is 0 Å². The summed E-state index contributed by atoms with van der Waals surface area (Å²) in [5.74, 6) is 2.09. The first-order valence-electron chi connectivity index (χ1n) is 9.67. The number of aromatic nitrogens is 2. The summed E-state index contributed by atoms with van der Waals surface area (Å²) in [6.07, 6.45) is 3.34. The van der Waals surface area contributed by atoms with Gasteiger partial charge in [0.05, 0.1) is 24.9 Å².